The van der Waals surface area contributed by atoms with Gasteiger partial charge in [0.15, 0.2) is 4.77 Å². The van der Waals surface area contributed by atoms with E-state index in [1.807, 2.05) is 0 Å². The molecular formula is C7H8ClN3S. The highest BCUT2D eigenvalue weighted by Gasteiger charge is 2.12. The first-order chi connectivity index (χ1) is 5.77. The van der Waals surface area contributed by atoms with Crippen molar-refractivity contribution in [2.75, 3.05) is 6.54 Å². The Hall–Kier alpha value is -0.450. The number of nitrogens with one attached hydrogen (secondary N) is 2. The quantitative estimate of drug-likeness (QED) is 0.493. The van der Waals surface area contributed by atoms with E-state index in [0.717, 1.165) is 30.8 Å². The van der Waals surface area contributed by atoms with Gasteiger partial charge in [-0.25, -0.2) is 4.98 Å². The predicted molar refractivity (Wildman–Crippen MR) is 49.8 cm³/mol. The molecule has 0 radical (unpaired) electrons. The largest absolute Gasteiger partial charge is 0.334 e. The van der Waals surface area contributed by atoms with Crippen molar-refractivity contribution < 1.29 is 0 Å². The van der Waals surface area contributed by atoms with Gasteiger partial charge in [0.2, 0.25) is 0 Å². The summed E-state index contributed by atoms with van der Waals surface area (Å²) in [5, 5.41) is 3.75. The Morgan fingerprint density at radius 1 is 1.50 bits per heavy atom. The fourth-order valence-electron chi connectivity index (χ4n) is 1.33. The Morgan fingerprint density at radius 2 is 2.33 bits per heavy atom. The molecule has 2 heterocycles. The lowest BCUT2D eigenvalue weighted by Gasteiger charge is -2.16. The van der Waals surface area contributed by atoms with Gasteiger partial charge in [0, 0.05) is 30.8 Å². The third-order valence-electron chi connectivity index (χ3n) is 1.92. The molecule has 1 aromatic heterocycles. The molecule has 0 amide bonds. The zero-order chi connectivity index (χ0) is 8.55. The van der Waals surface area contributed by atoms with Crippen molar-refractivity contribution in [2.24, 2.45) is 0 Å². The molecule has 0 saturated carbocycles. The number of halogens is 1. The van der Waals surface area contributed by atoms with Gasteiger partial charge >= 0.3 is 0 Å². The minimum absolute atomic E-state index is 0.473. The highest BCUT2D eigenvalue weighted by atomic mass is 35.5. The molecule has 2 N–H and O–H groups in total. The van der Waals surface area contributed by atoms with E-state index in [-0.39, 0.29) is 0 Å². The van der Waals surface area contributed by atoms with Crippen LogP contribution in [0.25, 0.3) is 0 Å². The molecule has 64 valence electrons. The van der Waals surface area contributed by atoms with Gasteiger partial charge in [0.05, 0.1) is 0 Å². The Morgan fingerprint density at radius 3 is 3.17 bits per heavy atom. The number of H-pyrrole nitrogens is 1. The Bertz CT molecular complexity index is 360. The second-order valence-corrected chi connectivity index (χ2v) is 3.46. The summed E-state index contributed by atoms with van der Waals surface area (Å²) in [5.41, 5.74) is 2.18. The summed E-state index contributed by atoms with van der Waals surface area (Å²) in [6.07, 6.45) is 0.946. The molecule has 1 aromatic rings. The lowest BCUT2D eigenvalue weighted by molar-refractivity contribution is 0.624. The van der Waals surface area contributed by atoms with Crippen LogP contribution < -0.4 is 5.32 Å². The summed E-state index contributed by atoms with van der Waals surface area (Å²) in [6.45, 7) is 1.76. The van der Waals surface area contributed by atoms with Gasteiger partial charge in [-0.05, 0) is 12.2 Å². The van der Waals surface area contributed by atoms with Crippen LogP contribution in [0.4, 0.5) is 0 Å². The molecule has 3 nitrogen and oxygen atoms in total. The van der Waals surface area contributed by atoms with Crippen LogP contribution in [0.1, 0.15) is 11.3 Å². The average Bonchev–Trinajstić information content (AvgIpc) is 2.04. The first kappa shape index (κ1) is 8.16. The van der Waals surface area contributed by atoms with Gasteiger partial charge in [-0.2, -0.15) is 0 Å². The maximum absolute atomic E-state index is 5.91. The van der Waals surface area contributed by atoms with E-state index in [4.69, 9.17) is 23.8 Å². The zero-order valence-corrected chi connectivity index (χ0v) is 7.93. The minimum Gasteiger partial charge on any atom is -0.334 e. The summed E-state index contributed by atoms with van der Waals surface area (Å²) in [7, 11) is 0. The highest BCUT2D eigenvalue weighted by Crippen LogP contribution is 2.18. The van der Waals surface area contributed by atoms with E-state index < -0.39 is 0 Å². The van der Waals surface area contributed by atoms with E-state index >= 15 is 0 Å². The number of rotatable bonds is 0. The highest BCUT2D eigenvalue weighted by molar-refractivity contribution is 7.71. The van der Waals surface area contributed by atoms with E-state index in [0.29, 0.717) is 9.92 Å². The second-order valence-electron chi connectivity index (χ2n) is 2.72. The fraction of sp³-hybridized carbons (Fsp3) is 0.429. The predicted octanol–water partition coefficient (Wildman–Crippen LogP) is 1.44. The summed E-state index contributed by atoms with van der Waals surface area (Å²) in [5.74, 6) is 0. The van der Waals surface area contributed by atoms with Crippen LogP contribution in [0.5, 0.6) is 0 Å². The number of aromatic nitrogens is 2. The molecule has 1 aliphatic rings. The molecule has 0 bridgehead atoms. The van der Waals surface area contributed by atoms with Crippen molar-refractivity contribution in [3.63, 3.8) is 0 Å². The molecular weight excluding hydrogens is 194 g/mol. The lowest BCUT2D eigenvalue weighted by atomic mass is 10.1. The Kier molecular flexibility index (Phi) is 2.12. The smallest absolute Gasteiger partial charge is 0.198 e. The number of fused-ring (bicyclic) bond motifs is 1. The molecule has 5 heteroatoms. The monoisotopic (exact) mass is 201 g/mol. The molecule has 0 spiro atoms. The Labute approximate surface area is 80.2 Å². The summed E-state index contributed by atoms with van der Waals surface area (Å²) < 4.78 is 0.473. The third kappa shape index (κ3) is 1.37. The third-order valence-corrected chi connectivity index (χ3v) is 2.43. The normalized spacial score (nSPS) is 15.8. The summed E-state index contributed by atoms with van der Waals surface area (Å²) in [4.78, 5) is 7.02. The Balaban J connectivity index is 2.60. The van der Waals surface area contributed by atoms with E-state index in [1.54, 1.807) is 0 Å². The first-order valence-electron chi connectivity index (χ1n) is 3.75. The minimum atomic E-state index is 0.473. The molecule has 0 aromatic carbocycles. The lowest BCUT2D eigenvalue weighted by Crippen LogP contribution is -2.25. The van der Waals surface area contributed by atoms with Crippen molar-refractivity contribution in [1.29, 1.82) is 0 Å². The maximum Gasteiger partial charge on any atom is 0.198 e. The van der Waals surface area contributed by atoms with Gasteiger partial charge < -0.3 is 10.3 Å². The van der Waals surface area contributed by atoms with Gasteiger partial charge in [-0.3, -0.25) is 0 Å². The standard InChI is InChI=1S/C7H8ClN3S/c8-6-4-3-9-2-1-5(4)10-7(12)11-6/h9H,1-3H2,(H,10,11,12). The van der Waals surface area contributed by atoms with Crippen LogP contribution in [0, 0.1) is 4.77 Å². The topological polar surface area (TPSA) is 40.7 Å². The van der Waals surface area contributed by atoms with Crippen molar-refractivity contribution in [3.8, 4) is 0 Å². The molecule has 0 fully saturated rings. The molecule has 0 unspecified atom stereocenters. The van der Waals surface area contributed by atoms with E-state index in [1.165, 1.54) is 0 Å². The number of hydrogen-bond donors (Lipinski definition) is 2. The van der Waals surface area contributed by atoms with Crippen LogP contribution in [0.3, 0.4) is 0 Å². The molecule has 1 aliphatic heterocycles. The molecule has 0 aliphatic carbocycles. The van der Waals surface area contributed by atoms with Crippen LogP contribution in [-0.4, -0.2) is 16.5 Å². The van der Waals surface area contributed by atoms with Crippen LogP contribution in [-0.2, 0) is 13.0 Å². The number of aromatic amines is 1. The van der Waals surface area contributed by atoms with Crippen molar-refractivity contribution in [2.45, 2.75) is 13.0 Å². The van der Waals surface area contributed by atoms with Crippen LogP contribution >= 0.6 is 23.8 Å². The molecule has 0 saturated heterocycles. The van der Waals surface area contributed by atoms with Crippen LogP contribution in [0.15, 0.2) is 0 Å². The fourth-order valence-corrected chi connectivity index (χ4v) is 1.86. The summed E-state index contributed by atoms with van der Waals surface area (Å²) in [6, 6.07) is 0. The zero-order valence-electron chi connectivity index (χ0n) is 6.35. The number of hydrogen-bond acceptors (Lipinski definition) is 3. The average molecular weight is 202 g/mol. The number of nitrogens with zero attached hydrogens (tertiary/aromatic N) is 1. The summed E-state index contributed by atoms with van der Waals surface area (Å²) >= 11 is 10.8. The SMILES string of the molecule is S=c1nc(Cl)c2c([nH]1)CCNC2. The molecule has 2 rings (SSSR count). The first-order valence-corrected chi connectivity index (χ1v) is 4.54. The molecule has 0 atom stereocenters. The van der Waals surface area contributed by atoms with E-state index in [9.17, 15) is 0 Å². The second kappa shape index (κ2) is 3.12. The van der Waals surface area contributed by atoms with Gasteiger partial charge in [0.1, 0.15) is 5.15 Å². The maximum atomic E-state index is 5.91. The van der Waals surface area contributed by atoms with Crippen molar-refractivity contribution in [3.05, 3.63) is 21.2 Å². The van der Waals surface area contributed by atoms with Gasteiger partial charge in [-0.1, -0.05) is 11.6 Å². The van der Waals surface area contributed by atoms with Crippen LogP contribution in [0.2, 0.25) is 5.15 Å². The van der Waals surface area contributed by atoms with Gasteiger partial charge in [-0.15, -0.1) is 0 Å². The van der Waals surface area contributed by atoms with Gasteiger partial charge in [0.25, 0.3) is 0 Å². The van der Waals surface area contributed by atoms with E-state index in [2.05, 4.69) is 15.3 Å². The van der Waals surface area contributed by atoms with Crippen molar-refractivity contribution in [1.82, 2.24) is 15.3 Å². The molecule has 12 heavy (non-hydrogen) atoms. The van der Waals surface area contributed by atoms with Crippen molar-refractivity contribution >= 4 is 23.8 Å².